The Hall–Kier alpha value is -2.31. The second kappa shape index (κ2) is 7.51. The van der Waals surface area contributed by atoms with Gasteiger partial charge in [-0.2, -0.15) is 0 Å². The van der Waals surface area contributed by atoms with Gasteiger partial charge in [0.1, 0.15) is 0 Å². The van der Waals surface area contributed by atoms with Crippen LogP contribution in [0.4, 0.5) is 5.69 Å². The lowest BCUT2D eigenvalue weighted by Gasteiger charge is -2.11. The summed E-state index contributed by atoms with van der Waals surface area (Å²) in [7, 11) is 0. The predicted molar refractivity (Wildman–Crippen MR) is 101 cm³/mol. The Bertz CT molecular complexity index is 847. The van der Waals surface area contributed by atoms with Crippen LogP contribution in [0.25, 0.3) is 0 Å². The van der Waals surface area contributed by atoms with Crippen molar-refractivity contribution in [3.05, 3.63) is 53.6 Å². The molecule has 0 bridgehead atoms. The minimum absolute atomic E-state index is 0.133. The van der Waals surface area contributed by atoms with Gasteiger partial charge in [0.25, 0.3) is 11.8 Å². The van der Waals surface area contributed by atoms with E-state index in [9.17, 15) is 9.59 Å². The fourth-order valence-electron chi connectivity index (χ4n) is 3.23. The number of amides is 2. The van der Waals surface area contributed by atoms with Gasteiger partial charge in [-0.1, -0.05) is 23.9 Å². The van der Waals surface area contributed by atoms with Gasteiger partial charge in [-0.15, -0.1) is 0 Å². The first-order chi connectivity index (χ1) is 12.7. The van der Waals surface area contributed by atoms with Crippen LogP contribution in [0, 0.1) is 0 Å². The third-order valence-electron chi connectivity index (χ3n) is 4.62. The highest BCUT2D eigenvalue weighted by Gasteiger charge is 2.21. The summed E-state index contributed by atoms with van der Waals surface area (Å²) in [5, 5.41) is 5.85. The number of hydrogen-bond donors (Lipinski definition) is 2. The monoisotopic (exact) mass is 368 g/mol. The quantitative estimate of drug-likeness (QED) is 0.863. The number of carbonyl (C=O) groups excluding carboxylic acids is 2. The summed E-state index contributed by atoms with van der Waals surface area (Å²) in [6, 6.07) is 12.9. The predicted octanol–water partition coefficient (Wildman–Crippen LogP) is 3.70. The van der Waals surface area contributed by atoms with Gasteiger partial charge in [0.2, 0.25) is 0 Å². The molecular formula is C20H20N2O3S. The van der Waals surface area contributed by atoms with Crippen LogP contribution < -0.4 is 10.6 Å². The summed E-state index contributed by atoms with van der Waals surface area (Å²) in [6.07, 6.45) is 3.26. The maximum atomic E-state index is 12.4. The third kappa shape index (κ3) is 3.61. The van der Waals surface area contributed by atoms with Gasteiger partial charge in [-0.05, 0) is 49.6 Å². The lowest BCUT2D eigenvalue weighted by Crippen LogP contribution is -2.27. The van der Waals surface area contributed by atoms with E-state index >= 15 is 0 Å². The molecule has 4 rings (SSSR count). The Morgan fingerprint density at radius 3 is 2.96 bits per heavy atom. The Labute approximate surface area is 156 Å². The average molecular weight is 368 g/mol. The van der Waals surface area contributed by atoms with Crippen molar-refractivity contribution in [3.63, 3.8) is 0 Å². The zero-order valence-corrected chi connectivity index (χ0v) is 15.1. The normalized spacial score (nSPS) is 18.5. The molecule has 1 saturated heterocycles. The van der Waals surface area contributed by atoms with E-state index in [0.29, 0.717) is 23.4 Å². The number of nitrogens with one attached hydrogen (secondary N) is 2. The topological polar surface area (TPSA) is 67.4 Å². The van der Waals surface area contributed by atoms with Crippen LogP contribution in [0.5, 0.6) is 0 Å². The molecule has 2 aliphatic rings. The van der Waals surface area contributed by atoms with E-state index < -0.39 is 0 Å². The molecule has 0 saturated carbocycles. The summed E-state index contributed by atoms with van der Waals surface area (Å²) < 4.78 is 5.57. The molecule has 0 spiro atoms. The van der Waals surface area contributed by atoms with Crippen molar-refractivity contribution in [2.24, 2.45) is 0 Å². The van der Waals surface area contributed by atoms with Crippen LogP contribution in [-0.4, -0.2) is 31.1 Å². The Morgan fingerprint density at radius 2 is 2.12 bits per heavy atom. The lowest BCUT2D eigenvalue weighted by atomic mass is 10.1. The molecule has 2 aromatic rings. The number of benzene rings is 2. The molecule has 2 aromatic carbocycles. The fraction of sp³-hybridized carbons (Fsp3) is 0.300. The summed E-state index contributed by atoms with van der Waals surface area (Å²) in [5.41, 5.74) is 1.86. The second-order valence-electron chi connectivity index (χ2n) is 6.44. The fourth-order valence-corrected chi connectivity index (χ4v) is 4.24. The maximum absolute atomic E-state index is 12.4. The minimum atomic E-state index is -0.150. The van der Waals surface area contributed by atoms with Gasteiger partial charge < -0.3 is 15.4 Å². The number of fused-ring (bicyclic) bond motifs is 2. The highest BCUT2D eigenvalue weighted by molar-refractivity contribution is 7.99. The molecule has 6 heteroatoms. The Balaban J connectivity index is 1.46. The number of hydrogen-bond acceptors (Lipinski definition) is 4. The van der Waals surface area contributed by atoms with Crippen molar-refractivity contribution in [1.82, 2.24) is 5.32 Å². The van der Waals surface area contributed by atoms with Crippen molar-refractivity contribution in [1.29, 1.82) is 0 Å². The molecule has 1 unspecified atom stereocenters. The summed E-state index contributed by atoms with van der Waals surface area (Å²) >= 11 is 1.53. The van der Waals surface area contributed by atoms with E-state index in [4.69, 9.17) is 4.74 Å². The van der Waals surface area contributed by atoms with Crippen molar-refractivity contribution in [2.75, 3.05) is 18.5 Å². The first kappa shape index (κ1) is 17.1. The molecular weight excluding hydrogens is 348 g/mol. The van der Waals surface area contributed by atoms with E-state index in [-0.39, 0.29) is 17.9 Å². The second-order valence-corrected chi connectivity index (χ2v) is 7.53. The Morgan fingerprint density at radius 1 is 1.23 bits per heavy atom. The number of anilines is 1. The van der Waals surface area contributed by atoms with Crippen LogP contribution >= 0.6 is 11.8 Å². The molecule has 5 nitrogen and oxygen atoms in total. The zero-order valence-electron chi connectivity index (χ0n) is 14.3. The molecule has 1 atom stereocenters. The Kier molecular flexibility index (Phi) is 4.95. The molecule has 2 aliphatic heterocycles. The van der Waals surface area contributed by atoms with Crippen LogP contribution in [-0.2, 0) is 4.74 Å². The van der Waals surface area contributed by atoms with Gasteiger partial charge in [-0.3, -0.25) is 9.59 Å². The van der Waals surface area contributed by atoms with Crippen LogP contribution in [0.3, 0.4) is 0 Å². The van der Waals surface area contributed by atoms with Gasteiger partial charge in [0.05, 0.1) is 17.4 Å². The number of ether oxygens (including phenoxy) is 1. The molecule has 0 aliphatic carbocycles. The first-order valence-electron chi connectivity index (χ1n) is 8.83. The van der Waals surface area contributed by atoms with Crippen molar-refractivity contribution >= 4 is 29.3 Å². The third-order valence-corrected chi connectivity index (χ3v) is 5.77. The minimum Gasteiger partial charge on any atom is -0.378 e. The SMILES string of the molecule is O=C(NCCC1CCCO1)c1ccc2c(c1)NC(=O)c1ccccc1S2. The van der Waals surface area contributed by atoms with Crippen molar-refractivity contribution in [2.45, 2.75) is 35.2 Å². The summed E-state index contributed by atoms with van der Waals surface area (Å²) in [4.78, 5) is 26.7. The van der Waals surface area contributed by atoms with Gasteiger partial charge in [0, 0.05) is 28.5 Å². The van der Waals surface area contributed by atoms with Crippen LogP contribution in [0.2, 0.25) is 0 Å². The summed E-state index contributed by atoms with van der Waals surface area (Å²) in [6.45, 7) is 1.41. The van der Waals surface area contributed by atoms with Crippen LogP contribution in [0.1, 0.15) is 40.0 Å². The van der Waals surface area contributed by atoms with Gasteiger partial charge in [0.15, 0.2) is 0 Å². The molecule has 0 aromatic heterocycles. The lowest BCUT2D eigenvalue weighted by molar-refractivity contribution is 0.0906. The van der Waals surface area contributed by atoms with E-state index in [1.54, 1.807) is 12.1 Å². The molecule has 2 amide bonds. The van der Waals surface area contributed by atoms with Gasteiger partial charge >= 0.3 is 0 Å². The van der Waals surface area contributed by atoms with Crippen molar-refractivity contribution in [3.8, 4) is 0 Å². The summed E-state index contributed by atoms with van der Waals surface area (Å²) in [5.74, 6) is -0.283. The highest BCUT2D eigenvalue weighted by Crippen LogP contribution is 2.38. The van der Waals surface area contributed by atoms with E-state index in [1.165, 1.54) is 11.8 Å². The molecule has 2 heterocycles. The molecule has 2 N–H and O–H groups in total. The van der Waals surface area contributed by atoms with Gasteiger partial charge in [-0.25, -0.2) is 0 Å². The number of carbonyl (C=O) groups is 2. The molecule has 26 heavy (non-hydrogen) atoms. The van der Waals surface area contributed by atoms with E-state index in [1.807, 2.05) is 30.3 Å². The standard InChI is InChI=1S/C20H20N2O3S/c23-19(21-10-9-14-4-3-11-25-14)13-7-8-18-16(12-13)22-20(24)15-5-1-2-6-17(15)26-18/h1-2,5-8,12,14H,3-4,9-11H2,(H,21,23)(H,22,24). The highest BCUT2D eigenvalue weighted by atomic mass is 32.2. The maximum Gasteiger partial charge on any atom is 0.256 e. The molecule has 1 fully saturated rings. The largest absolute Gasteiger partial charge is 0.378 e. The molecule has 134 valence electrons. The van der Waals surface area contributed by atoms with Crippen molar-refractivity contribution < 1.29 is 14.3 Å². The molecule has 0 radical (unpaired) electrons. The first-order valence-corrected chi connectivity index (χ1v) is 9.64. The van der Waals surface area contributed by atoms with Crippen LogP contribution in [0.15, 0.2) is 52.3 Å². The van der Waals surface area contributed by atoms with E-state index in [2.05, 4.69) is 10.6 Å². The van der Waals surface area contributed by atoms with E-state index in [0.717, 1.165) is 35.7 Å². The average Bonchev–Trinajstić information content (AvgIpc) is 3.12. The zero-order chi connectivity index (χ0) is 17.9. The smallest absolute Gasteiger partial charge is 0.256 e. The number of rotatable bonds is 4.